The third kappa shape index (κ3) is 4.08. The van der Waals surface area contributed by atoms with Crippen LogP contribution in [0.15, 0.2) is 48.7 Å². The minimum absolute atomic E-state index is 0.607. The van der Waals surface area contributed by atoms with E-state index in [0.29, 0.717) is 12.5 Å². The number of aromatic nitrogens is 3. The van der Waals surface area contributed by atoms with Gasteiger partial charge >= 0.3 is 0 Å². The molecule has 0 radical (unpaired) electrons. The van der Waals surface area contributed by atoms with Crippen molar-refractivity contribution in [3.05, 3.63) is 60.0 Å². The van der Waals surface area contributed by atoms with Gasteiger partial charge in [-0.25, -0.2) is 4.98 Å². The van der Waals surface area contributed by atoms with Crippen molar-refractivity contribution < 1.29 is 9.47 Å². The van der Waals surface area contributed by atoms with Gasteiger partial charge in [-0.1, -0.05) is 35.9 Å². The second-order valence-electron chi connectivity index (χ2n) is 8.53. The van der Waals surface area contributed by atoms with E-state index in [4.69, 9.17) is 19.4 Å². The van der Waals surface area contributed by atoms with E-state index < -0.39 is 0 Å². The van der Waals surface area contributed by atoms with Crippen molar-refractivity contribution in [3.8, 4) is 11.1 Å². The molecule has 2 aromatic carbocycles. The minimum atomic E-state index is 0.607. The van der Waals surface area contributed by atoms with E-state index in [9.17, 15) is 0 Å². The summed E-state index contributed by atoms with van der Waals surface area (Å²) >= 11 is 0. The lowest BCUT2D eigenvalue weighted by Crippen LogP contribution is -2.21. The zero-order valence-electron chi connectivity index (χ0n) is 18.3. The lowest BCUT2D eigenvalue weighted by molar-refractivity contribution is 0.0612. The van der Waals surface area contributed by atoms with Gasteiger partial charge in [-0.15, -0.1) is 0 Å². The zero-order valence-corrected chi connectivity index (χ0v) is 18.3. The predicted molar refractivity (Wildman–Crippen MR) is 124 cm³/mol. The number of imidazole rings is 1. The van der Waals surface area contributed by atoms with E-state index in [0.717, 1.165) is 55.9 Å². The molecule has 0 spiro atoms. The lowest BCUT2D eigenvalue weighted by atomic mass is 9.99. The first kappa shape index (κ1) is 20.2. The summed E-state index contributed by atoms with van der Waals surface area (Å²) < 4.78 is 13.4. The van der Waals surface area contributed by atoms with Crippen molar-refractivity contribution in [3.63, 3.8) is 0 Å². The summed E-state index contributed by atoms with van der Waals surface area (Å²) in [6, 6.07) is 15.2. The molecule has 5 heteroatoms. The molecule has 1 aliphatic rings. The number of methoxy groups -OCH3 is 1. The molecule has 0 amide bonds. The van der Waals surface area contributed by atoms with Gasteiger partial charge in [0.15, 0.2) is 0 Å². The molecule has 0 bridgehead atoms. The van der Waals surface area contributed by atoms with Gasteiger partial charge in [0, 0.05) is 38.7 Å². The molecule has 160 valence electrons. The Morgan fingerprint density at radius 2 is 1.90 bits per heavy atom. The van der Waals surface area contributed by atoms with Crippen LogP contribution in [-0.2, 0) is 22.4 Å². The molecule has 0 saturated carbocycles. The average Bonchev–Trinajstić information content (AvgIpc) is 3.15. The van der Waals surface area contributed by atoms with E-state index in [1.165, 1.54) is 27.6 Å². The lowest BCUT2D eigenvalue weighted by Gasteiger charge is -2.23. The Labute approximate surface area is 183 Å². The van der Waals surface area contributed by atoms with Crippen LogP contribution >= 0.6 is 0 Å². The Bertz CT molecular complexity index is 1210. The number of aryl methyl sites for hydroxylation is 1. The summed E-state index contributed by atoms with van der Waals surface area (Å²) in [4.78, 5) is 9.69. The molecule has 2 aromatic heterocycles. The number of benzene rings is 2. The molecule has 1 saturated heterocycles. The maximum atomic E-state index is 5.59. The Morgan fingerprint density at radius 1 is 1.06 bits per heavy atom. The molecule has 3 heterocycles. The molecule has 31 heavy (non-hydrogen) atoms. The second-order valence-corrected chi connectivity index (χ2v) is 8.53. The largest absolute Gasteiger partial charge is 0.384 e. The van der Waals surface area contributed by atoms with Gasteiger partial charge in [-0.2, -0.15) is 0 Å². The van der Waals surface area contributed by atoms with Gasteiger partial charge in [-0.05, 0) is 48.9 Å². The first-order valence-corrected chi connectivity index (χ1v) is 11.1. The molecule has 0 N–H and O–H groups in total. The van der Waals surface area contributed by atoms with Crippen LogP contribution in [0.4, 0.5) is 0 Å². The molecular weight excluding hydrogens is 386 g/mol. The Morgan fingerprint density at radius 3 is 2.71 bits per heavy atom. The van der Waals surface area contributed by atoms with Crippen LogP contribution in [-0.4, -0.2) is 41.5 Å². The second kappa shape index (κ2) is 8.77. The fourth-order valence-electron chi connectivity index (χ4n) is 4.63. The van der Waals surface area contributed by atoms with Crippen molar-refractivity contribution in [1.29, 1.82) is 0 Å². The highest BCUT2D eigenvalue weighted by Crippen LogP contribution is 2.31. The average molecular weight is 416 g/mol. The summed E-state index contributed by atoms with van der Waals surface area (Å²) in [6.45, 7) is 5.47. The molecule has 0 unspecified atom stereocenters. The van der Waals surface area contributed by atoms with Crippen LogP contribution in [0.2, 0.25) is 0 Å². The van der Waals surface area contributed by atoms with Crippen LogP contribution in [0.5, 0.6) is 0 Å². The van der Waals surface area contributed by atoms with Gasteiger partial charge in [0.05, 0.1) is 23.8 Å². The molecule has 1 fully saturated rings. The van der Waals surface area contributed by atoms with Crippen molar-refractivity contribution >= 4 is 21.9 Å². The van der Waals surface area contributed by atoms with Crippen LogP contribution in [0.25, 0.3) is 33.1 Å². The molecule has 5 rings (SSSR count). The van der Waals surface area contributed by atoms with E-state index in [1.54, 1.807) is 7.11 Å². The van der Waals surface area contributed by atoms with Crippen LogP contribution in [0.3, 0.4) is 0 Å². The number of ether oxygens (including phenoxy) is 2. The molecule has 0 aliphatic carbocycles. The van der Waals surface area contributed by atoms with Crippen molar-refractivity contribution in [1.82, 2.24) is 14.5 Å². The highest BCUT2D eigenvalue weighted by atomic mass is 16.5. The molecule has 5 nitrogen and oxygen atoms in total. The van der Waals surface area contributed by atoms with E-state index >= 15 is 0 Å². The Balaban J connectivity index is 1.67. The standard InChI is InChI=1S/C26H29N3O2/c1-18-4-3-5-20(14-18)21-6-7-23-22(15-21)26-24(16-27-23)28-25(10-11-30-2)29(26)17-19-8-12-31-13-9-19/h3-7,14-16,19H,8-13,17H2,1-2H3. The highest BCUT2D eigenvalue weighted by molar-refractivity contribution is 6.04. The highest BCUT2D eigenvalue weighted by Gasteiger charge is 2.20. The number of fused-ring (bicyclic) bond motifs is 3. The smallest absolute Gasteiger partial charge is 0.112 e. The van der Waals surface area contributed by atoms with Crippen LogP contribution in [0, 0.1) is 12.8 Å². The van der Waals surface area contributed by atoms with Gasteiger partial charge in [0.25, 0.3) is 0 Å². The Hall–Kier alpha value is -2.76. The number of nitrogens with zero attached hydrogens (tertiary/aromatic N) is 3. The normalized spacial score (nSPS) is 15.2. The molecule has 0 atom stereocenters. The van der Waals surface area contributed by atoms with Crippen molar-refractivity contribution in [2.24, 2.45) is 5.92 Å². The summed E-state index contributed by atoms with van der Waals surface area (Å²) in [7, 11) is 1.75. The molecule has 4 aromatic rings. The van der Waals surface area contributed by atoms with E-state index in [1.807, 2.05) is 6.20 Å². The molecule has 1 aliphatic heterocycles. The van der Waals surface area contributed by atoms with Crippen molar-refractivity contribution in [2.45, 2.75) is 32.7 Å². The first-order valence-electron chi connectivity index (χ1n) is 11.1. The van der Waals surface area contributed by atoms with Crippen LogP contribution in [0.1, 0.15) is 24.2 Å². The fourth-order valence-corrected chi connectivity index (χ4v) is 4.63. The summed E-state index contributed by atoms with van der Waals surface area (Å²) in [5, 5.41) is 1.17. The van der Waals surface area contributed by atoms with E-state index in [2.05, 4.69) is 54.0 Å². The third-order valence-electron chi connectivity index (χ3n) is 6.31. The number of hydrogen-bond acceptors (Lipinski definition) is 4. The number of hydrogen-bond donors (Lipinski definition) is 0. The quantitative estimate of drug-likeness (QED) is 0.436. The third-order valence-corrected chi connectivity index (χ3v) is 6.31. The summed E-state index contributed by atoms with van der Waals surface area (Å²) in [5.41, 5.74) is 6.87. The monoisotopic (exact) mass is 415 g/mol. The van der Waals surface area contributed by atoms with E-state index in [-0.39, 0.29) is 0 Å². The van der Waals surface area contributed by atoms with Gasteiger partial charge in [0.1, 0.15) is 11.3 Å². The first-order chi connectivity index (χ1) is 15.2. The zero-order chi connectivity index (χ0) is 21.2. The van der Waals surface area contributed by atoms with Gasteiger partial charge in [-0.3, -0.25) is 4.98 Å². The van der Waals surface area contributed by atoms with Crippen LogP contribution < -0.4 is 0 Å². The minimum Gasteiger partial charge on any atom is -0.384 e. The maximum absolute atomic E-state index is 5.59. The summed E-state index contributed by atoms with van der Waals surface area (Å²) in [5.74, 6) is 1.69. The topological polar surface area (TPSA) is 49.2 Å². The van der Waals surface area contributed by atoms with Gasteiger partial charge < -0.3 is 14.0 Å². The Kier molecular flexibility index (Phi) is 5.70. The number of pyridine rings is 1. The van der Waals surface area contributed by atoms with Crippen molar-refractivity contribution in [2.75, 3.05) is 26.9 Å². The maximum Gasteiger partial charge on any atom is 0.112 e. The SMILES string of the molecule is COCCc1nc2cnc3ccc(-c4cccc(C)c4)cc3c2n1CC1CCOCC1. The predicted octanol–water partition coefficient (Wildman–Crippen LogP) is 5.18. The summed E-state index contributed by atoms with van der Waals surface area (Å²) in [6.07, 6.45) is 4.91. The molecular formula is C26H29N3O2. The van der Waals surface area contributed by atoms with Gasteiger partial charge in [0.2, 0.25) is 0 Å². The fraction of sp³-hybridized carbons (Fsp3) is 0.385. The number of rotatable bonds is 6.